The Balaban J connectivity index is 3.25. The smallest absolute Gasteiger partial charge is 0.288 e. The van der Waals surface area contributed by atoms with Crippen molar-refractivity contribution >= 4 is 17.4 Å². The number of Topliss-reactive ketones (excluding diaryl/α,β-unsaturated/α-hetero) is 1. The van der Waals surface area contributed by atoms with Gasteiger partial charge in [0.05, 0.1) is 10.6 Å². The number of carbonyl (C=O) groups is 1. The summed E-state index contributed by atoms with van der Waals surface area (Å²) in [7, 11) is 0. The van der Waals surface area contributed by atoms with Crippen LogP contribution in [0.1, 0.15) is 15.9 Å². The minimum Gasteiger partial charge on any atom is -0.288 e. The second kappa shape index (κ2) is 4.37. The van der Waals surface area contributed by atoms with E-state index in [0.29, 0.717) is 12.1 Å². The molecule has 88 valence electrons. The van der Waals surface area contributed by atoms with Crippen molar-refractivity contribution < 1.29 is 26.7 Å². The van der Waals surface area contributed by atoms with Crippen LogP contribution in [-0.4, -0.2) is 12.2 Å². The summed E-state index contributed by atoms with van der Waals surface area (Å²) >= 11 is 5.36. The molecule has 0 aliphatic rings. The predicted molar refractivity (Wildman–Crippen MR) is 46.8 cm³/mol. The lowest BCUT2D eigenvalue weighted by atomic mass is 10.1. The fourth-order valence-electron chi connectivity index (χ4n) is 1.01. The minimum absolute atomic E-state index is 0.316. The number of carbonyl (C=O) groups excluding carboxylic acids is 1. The lowest BCUT2D eigenvalue weighted by Gasteiger charge is -2.09. The molecule has 0 N–H and O–H groups in total. The van der Waals surface area contributed by atoms with E-state index in [9.17, 15) is 26.7 Å². The van der Waals surface area contributed by atoms with Gasteiger partial charge in [-0.25, -0.2) is 8.78 Å². The second-order valence-electron chi connectivity index (χ2n) is 2.86. The van der Waals surface area contributed by atoms with E-state index in [4.69, 9.17) is 11.6 Å². The third kappa shape index (κ3) is 2.69. The first kappa shape index (κ1) is 12.9. The van der Waals surface area contributed by atoms with E-state index >= 15 is 0 Å². The largest absolute Gasteiger partial charge is 0.416 e. The summed E-state index contributed by atoms with van der Waals surface area (Å²) in [4.78, 5) is 10.8. The van der Waals surface area contributed by atoms with Crippen LogP contribution in [0, 0.1) is 0 Å². The average Bonchev–Trinajstić information content (AvgIpc) is 2.15. The van der Waals surface area contributed by atoms with Crippen LogP contribution in [-0.2, 0) is 6.18 Å². The Bertz CT molecular complexity index is 413. The van der Waals surface area contributed by atoms with Gasteiger partial charge in [-0.1, -0.05) is 11.6 Å². The van der Waals surface area contributed by atoms with Crippen LogP contribution in [0.3, 0.4) is 0 Å². The van der Waals surface area contributed by atoms with Crippen LogP contribution >= 0.6 is 11.6 Å². The van der Waals surface area contributed by atoms with Gasteiger partial charge in [0.2, 0.25) is 5.78 Å². The Morgan fingerprint density at radius 2 is 1.81 bits per heavy atom. The first-order valence-electron chi connectivity index (χ1n) is 3.92. The van der Waals surface area contributed by atoms with E-state index in [2.05, 4.69) is 0 Å². The van der Waals surface area contributed by atoms with Gasteiger partial charge in [0.25, 0.3) is 0 Å². The molecule has 0 radical (unpaired) electrons. The summed E-state index contributed by atoms with van der Waals surface area (Å²) in [5.41, 5.74) is -2.02. The van der Waals surface area contributed by atoms with Gasteiger partial charge in [0.15, 0.2) is 0 Å². The van der Waals surface area contributed by atoms with Gasteiger partial charge < -0.3 is 0 Å². The molecular weight excluding hydrogens is 255 g/mol. The zero-order valence-corrected chi connectivity index (χ0v) is 8.24. The molecule has 0 aromatic heterocycles. The van der Waals surface area contributed by atoms with Crippen molar-refractivity contribution in [2.45, 2.75) is 12.6 Å². The van der Waals surface area contributed by atoms with E-state index < -0.39 is 34.5 Å². The molecule has 1 rings (SSSR count). The highest BCUT2D eigenvalue weighted by atomic mass is 35.5. The minimum atomic E-state index is -4.71. The van der Waals surface area contributed by atoms with Crippen LogP contribution in [0.15, 0.2) is 18.2 Å². The highest BCUT2D eigenvalue weighted by Gasteiger charge is 2.32. The van der Waals surface area contributed by atoms with Gasteiger partial charge in [0.1, 0.15) is 0 Å². The van der Waals surface area contributed by atoms with Crippen LogP contribution < -0.4 is 0 Å². The zero-order valence-electron chi connectivity index (χ0n) is 7.49. The van der Waals surface area contributed by atoms with Crippen LogP contribution in [0.2, 0.25) is 5.02 Å². The predicted octanol–water partition coefficient (Wildman–Crippen LogP) is 3.81. The summed E-state index contributed by atoms with van der Waals surface area (Å²) in [6.07, 6.45) is -8.09. The molecule has 1 aromatic rings. The number of benzene rings is 1. The Morgan fingerprint density at radius 1 is 1.25 bits per heavy atom. The molecule has 0 unspecified atom stereocenters. The molecule has 1 aromatic carbocycles. The van der Waals surface area contributed by atoms with Crippen molar-refractivity contribution in [3.05, 3.63) is 34.3 Å². The molecule has 0 saturated carbocycles. The summed E-state index contributed by atoms with van der Waals surface area (Å²) in [6, 6.07) is 1.70. The number of hydrogen-bond donors (Lipinski definition) is 0. The SMILES string of the molecule is O=C(c1cc(C(F)(F)F)ccc1Cl)C(F)F. The maximum Gasteiger partial charge on any atom is 0.416 e. The fourth-order valence-corrected chi connectivity index (χ4v) is 1.22. The number of rotatable bonds is 2. The molecule has 7 heteroatoms. The molecule has 1 nitrogen and oxygen atoms in total. The van der Waals surface area contributed by atoms with Crippen LogP contribution in [0.4, 0.5) is 22.0 Å². The van der Waals surface area contributed by atoms with E-state index in [1.165, 1.54) is 0 Å². The summed E-state index contributed by atoms with van der Waals surface area (Å²) < 4.78 is 60.7. The maximum absolute atomic E-state index is 12.2. The highest BCUT2D eigenvalue weighted by molar-refractivity contribution is 6.34. The van der Waals surface area contributed by atoms with Crippen LogP contribution in [0.25, 0.3) is 0 Å². The number of ketones is 1. The zero-order chi connectivity index (χ0) is 12.5. The maximum atomic E-state index is 12.2. The lowest BCUT2D eigenvalue weighted by Crippen LogP contribution is -2.13. The molecule has 0 amide bonds. The highest BCUT2D eigenvalue weighted by Crippen LogP contribution is 2.32. The molecule has 0 bridgehead atoms. The Morgan fingerprint density at radius 3 is 2.25 bits per heavy atom. The van der Waals surface area contributed by atoms with Crippen molar-refractivity contribution in [2.75, 3.05) is 0 Å². The van der Waals surface area contributed by atoms with Crippen molar-refractivity contribution in [3.63, 3.8) is 0 Å². The monoisotopic (exact) mass is 258 g/mol. The second-order valence-corrected chi connectivity index (χ2v) is 3.26. The molecule has 0 aliphatic carbocycles. The van der Waals surface area contributed by atoms with E-state index in [1.54, 1.807) is 0 Å². The molecule has 0 aliphatic heterocycles. The topological polar surface area (TPSA) is 17.1 Å². The molecule has 0 spiro atoms. The molecule has 16 heavy (non-hydrogen) atoms. The van der Waals surface area contributed by atoms with Crippen molar-refractivity contribution in [1.82, 2.24) is 0 Å². The average molecular weight is 259 g/mol. The lowest BCUT2D eigenvalue weighted by molar-refractivity contribution is -0.137. The molecule has 0 heterocycles. The van der Waals surface area contributed by atoms with Gasteiger partial charge in [-0.3, -0.25) is 4.79 Å². The Hall–Kier alpha value is -1.17. The first-order valence-corrected chi connectivity index (χ1v) is 4.30. The standard InChI is InChI=1S/C9H4ClF5O/c10-6-2-1-4(9(13,14)15)3-5(6)7(16)8(11)12/h1-3,8H. The Kier molecular flexibility index (Phi) is 3.52. The van der Waals surface area contributed by atoms with Gasteiger partial charge >= 0.3 is 12.6 Å². The van der Waals surface area contributed by atoms with Crippen molar-refractivity contribution in [1.29, 1.82) is 0 Å². The third-order valence-corrected chi connectivity index (χ3v) is 2.09. The number of alkyl halides is 5. The van der Waals surface area contributed by atoms with E-state index in [-0.39, 0.29) is 0 Å². The number of hydrogen-bond acceptors (Lipinski definition) is 1. The normalized spacial score (nSPS) is 11.9. The molecule has 0 saturated heterocycles. The van der Waals surface area contributed by atoms with E-state index in [0.717, 1.165) is 6.07 Å². The van der Waals surface area contributed by atoms with E-state index in [1.807, 2.05) is 0 Å². The Labute approximate surface area is 91.8 Å². The van der Waals surface area contributed by atoms with Gasteiger partial charge in [0, 0.05) is 5.56 Å². The van der Waals surface area contributed by atoms with Crippen LogP contribution in [0.5, 0.6) is 0 Å². The summed E-state index contributed by atoms with van der Waals surface area (Å²) in [5.74, 6) is -1.73. The van der Waals surface area contributed by atoms with Gasteiger partial charge in [-0.15, -0.1) is 0 Å². The summed E-state index contributed by atoms with van der Waals surface area (Å²) in [5, 5.41) is -0.432. The van der Waals surface area contributed by atoms with Gasteiger partial charge in [-0.2, -0.15) is 13.2 Å². The third-order valence-electron chi connectivity index (χ3n) is 1.76. The first-order chi connectivity index (χ1) is 7.23. The molecular formula is C9H4ClF5O. The quantitative estimate of drug-likeness (QED) is 0.582. The summed E-state index contributed by atoms with van der Waals surface area (Å²) in [6.45, 7) is 0. The fraction of sp³-hybridized carbons (Fsp3) is 0.222. The van der Waals surface area contributed by atoms with Crippen molar-refractivity contribution in [3.8, 4) is 0 Å². The number of halogens is 6. The molecule has 0 atom stereocenters. The molecule has 0 fully saturated rings. The van der Waals surface area contributed by atoms with Gasteiger partial charge in [-0.05, 0) is 18.2 Å². The van der Waals surface area contributed by atoms with Crippen molar-refractivity contribution in [2.24, 2.45) is 0 Å².